The zero-order valence-corrected chi connectivity index (χ0v) is 22.1. The van der Waals surface area contributed by atoms with Gasteiger partial charge in [-0.05, 0) is 98.2 Å². The molecule has 1 fully saturated rings. The molecule has 0 aliphatic carbocycles. The van der Waals surface area contributed by atoms with Crippen LogP contribution in [0.4, 0.5) is 0 Å². The van der Waals surface area contributed by atoms with Crippen molar-refractivity contribution in [2.45, 2.75) is 38.2 Å². The summed E-state index contributed by atoms with van der Waals surface area (Å²) in [5.41, 5.74) is 2.62. The van der Waals surface area contributed by atoms with Gasteiger partial charge in [-0.2, -0.15) is 0 Å². The summed E-state index contributed by atoms with van der Waals surface area (Å²) >= 11 is 0. The molecule has 1 aromatic heterocycles. The third kappa shape index (κ3) is 7.25. The van der Waals surface area contributed by atoms with Crippen molar-refractivity contribution in [2.75, 3.05) is 33.9 Å². The highest BCUT2D eigenvalue weighted by Gasteiger charge is 2.30. The van der Waals surface area contributed by atoms with Crippen LogP contribution in [-0.2, 0) is 4.79 Å². The maximum absolute atomic E-state index is 11.3. The predicted molar refractivity (Wildman–Crippen MR) is 147 cm³/mol. The van der Waals surface area contributed by atoms with E-state index in [0.29, 0.717) is 25.3 Å². The van der Waals surface area contributed by atoms with Gasteiger partial charge in [0, 0.05) is 30.1 Å². The van der Waals surface area contributed by atoms with Gasteiger partial charge in [0.2, 0.25) is 0 Å². The van der Waals surface area contributed by atoms with Crippen LogP contribution in [0.3, 0.4) is 0 Å². The fourth-order valence-corrected chi connectivity index (χ4v) is 5.33. The van der Waals surface area contributed by atoms with E-state index in [4.69, 9.17) is 9.47 Å². The third-order valence-electron chi connectivity index (χ3n) is 7.48. The molecule has 2 heterocycles. The summed E-state index contributed by atoms with van der Waals surface area (Å²) < 4.78 is 10.6. The number of aliphatic hydroxyl groups excluding tert-OH is 1. The van der Waals surface area contributed by atoms with Crippen LogP contribution in [0.2, 0.25) is 0 Å². The highest BCUT2D eigenvalue weighted by atomic mass is 16.5. The summed E-state index contributed by atoms with van der Waals surface area (Å²) in [6, 6.07) is 15.3. The number of benzene rings is 2. The lowest BCUT2D eigenvalue weighted by Crippen LogP contribution is -2.41. The number of pyridine rings is 1. The van der Waals surface area contributed by atoms with E-state index in [9.17, 15) is 15.0 Å². The Morgan fingerprint density at radius 1 is 1.08 bits per heavy atom. The Morgan fingerprint density at radius 3 is 2.58 bits per heavy atom. The van der Waals surface area contributed by atoms with E-state index in [1.165, 1.54) is 0 Å². The van der Waals surface area contributed by atoms with Crippen molar-refractivity contribution in [3.63, 3.8) is 0 Å². The number of carboxylic acids is 1. The number of hydrogen-bond donors (Lipinski definition) is 2. The van der Waals surface area contributed by atoms with E-state index in [1.807, 2.05) is 48.5 Å². The van der Waals surface area contributed by atoms with Crippen molar-refractivity contribution in [1.82, 2.24) is 9.88 Å². The zero-order valence-electron chi connectivity index (χ0n) is 22.1. The Bertz CT molecular complexity index is 1280. The lowest BCUT2D eigenvalue weighted by Gasteiger charge is -2.38. The molecule has 2 N–H and O–H groups in total. The van der Waals surface area contributed by atoms with Gasteiger partial charge >= 0.3 is 5.97 Å². The van der Waals surface area contributed by atoms with Crippen molar-refractivity contribution in [3.05, 3.63) is 65.9 Å². The highest BCUT2D eigenvalue weighted by Crippen LogP contribution is 2.35. The van der Waals surface area contributed by atoms with Crippen LogP contribution in [0.1, 0.15) is 49.3 Å². The quantitative estimate of drug-likeness (QED) is 0.370. The minimum absolute atomic E-state index is 0.157. The van der Waals surface area contributed by atoms with Gasteiger partial charge in [0.1, 0.15) is 11.5 Å². The van der Waals surface area contributed by atoms with Crippen LogP contribution < -0.4 is 9.47 Å². The van der Waals surface area contributed by atoms with E-state index in [0.717, 1.165) is 59.5 Å². The topological polar surface area (TPSA) is 92.1 Å². The van der Waals surface area contributed by atoms with E-state index in [1.54, 1.807) is 20.4 Å². The molecule has 1 unspecified atom stereocenters. The Hall–Kier alpha value is -3.60. The second-order valence-corrected chi connectivity index (χ2v) is 9.88. The normalized spacial score (nSPS) is 18.4. The molecule has 1 aliphatic heterocycles. The average Bonchev–Trinajstić information content (AvgIpc) is 2.95. The third-order valence-corrected chi connectivity index (χ3v) is 7.48. The van der Waals surface area contributed by atoms with Gasteiger partial charge < -0.3 is 19.7 Å². The molecule has 2 aromatic carbocycles. The van der Waals surface area contributed by atoms with Crippen molar-refractivity contribution < 1.29 is 24.5 Å². The monoisotopic (exact) mass is 516 g/mol. The van der Waals surface area contributed by atoms with Gasteiger partial charge in [0.15, 0.2) is 0 Å². The van der Waals surface area contributed by atoms with Gasteiger partial charge in [-0.3, -0.25) is 14.7 Å². The molecule has 38 heavy (non-hydrogen) atoms. The van der Waals surface area contributed by atoms with Gasteiger partial charge in [-0.1, -0.05) is 11.8 Å². The Labute approximate surface area is 224 Å². The van der Waals surface area contributed by atoms with E-state index in [2.05, 4.69) is 21.7 Å². The summed E-state index contributed by atoms with van der Waals surface area (Å²) in [4.78, 5) is 18.1. The average molecular weight is 517 g/mol. The highest BCUT2D eigenvalue weighted by molar-refractivity contribution is 5.83. The van der Waals surface area contributed by atoms with Gasteiger partial charge in [-0.25, -0.2) is 0 Å². The molecule has 0 spiro atoms. The minimum Gasteiger partial charge on any atom is -0.497 e. The number of aromatic nitrogens is 1. The SMILES string of the molecule is COc1ccc(C#CCN2CC[C@@H](CCC(O)c3ccnc4ccc(OC)cc34)[C@@H](CCC(=O)O)C2)cc1. The van der Waals surface area contributed by atoms with Crippen LogP contribution >= 0.6 is 0 Å². The maximum atomic E-state index is 11.3. The van der Waals surface area contributed by atoms with Crippen molar-refractivity contribution in [1.29, 1.82) is 0 Å². The number of aliphatic hydroxyl groups is 1. The van der Waals surface area contributed by atoms with Crippen LogP contribution in [0.25, 0.3) is 10.9 Å². The number of likely N-dealkylation sites (tertiary alicyclic amines) is 1. The number of piperidine rings is 1. The first-order valence-electron chi connectivity index (χ1n) is 13.1. The molecule has 3 atom stereocenters. The second kappa shape index (κ2) is 13.3. The Balaban J connectivity index is 1.38. The molecule has 4 rings (SSSR count). The fourth-order valence-electron chi connectivity index (χ4n) is 5.33. The first-order chi connectivity index (χ1) is 18.5. The first-order valence-corrected chi connectivity index (χ1v) is 13.1. The molecule has 0 bridgehead atoms. The lowest BCUT2D eigenvalue weighted by atomic mass is 9.79. The Kier molecular flexibility index (Phi) is 9.58. The van der Waals surface area contributed by atoms with E-state index in [-0.39, 0.29) is 12.3 Å². The minimum atomic E-state index is -0.766. The molecule has 0 saturated carbocycles. The summed E-state index contributed by atoms with van der Waals surface area (Å²) in [6.07, 6.45) is 4.31. The number of ether oxygens (including phenoxy) is 2. The van der Waals surface area contributed by atoms with Crippen molar-refractivity contribution in [3.8, 4) is 23.3 Å². The van der Waals surface area contributed by atoms with Crippen LogP contribution in [0.15, 0.2) is 54.7 Å². The molecule has 0 radical (unpaired) electrons. The largest absolute Gasteiger partial charge is 0.497 e. The second-order valence-electron chi connectivity index (χ2n) is 9.88. The number of carboxylic acid groups (broad SMARTS) is 1. The van der Waals surface area contributed by atoms with Gasteiger partial charge in [0.05, 0.1) is 32.4 Å². The maximum Gasteiger partial charge on any atom is 0.303 e. The summed E-state index contributed by atoms with van der Waals surface area (Å²) in [5.74, 6) is 7.87. The molecule has 7 nitrogen and oxygen atoms in total. The van der Waals surface area contributed by atoms with Crippen LogP contribution in [0, 0.1) is 23.7 Å². The number of carbonyl (C=O) groups is 1. The number of fused-ring (bicyclic) bond motifs is 1. The first kappa shape index (κ1) is 27.4. The van der Waals surface area contributed by atoms with E-state index < -0.39 is 12.1 Å². The van der Waals surface area contributed by atoms with E-state index >= 15 is 0 Å². The molecule has 3 aromatic rings. The predicted octanol–water partition coefficient (Wildman–Crippen LogP) is 4.92. The summed E-state index contributed by atoms with van der Waals surface area (Å²) in [6.45, 7) is 2.38. The standard InChI is InChI=1S/C31H36N2O5/c1-37-25-9-5-22(6-10-25)4-3-18-33-19-16-23(24(21-33)8-14-31(35)36)7-13-30(34)27-15-17-32-29-12-11-26(38-2)20-28(27)29/h5-6,9-12,15,17,20,23-24,30,34H,7-8,13-14,16,18-19,21H2,1-2H3,(H,35,36)/t23-,24+,30?/m1/s1. The van der Waals surface area contributed by atoms with Crippen LogP contribution in [0.5, 0.6) is 11.5 Å². The van der Waals surface area contributed by atoms with Crippen molar-refractivity contribution >= 4 is 16.9 Å². The molecule has 7 heteroatoms. The molecule has 1 aliphatic rings. The molecular formula is C31H36N2O5. The zero-order chi connectivity index (χ0) is 26.9. The van der Waals surface area contributed by atoms with Crippen LogP contribution in [-0.4, -0.2) is 59.9 Å². The lowest BCUT2D eigenvalue weighted by molar-refractivity contribution is -0.137. The summed E-state index contributed by atoms with van der Waals surface area (Å²) in [5, 5.41) is 21.3. The number of hydrogen-bond acceptors (Lipinski definition) is 6. The molecule has 200 valence electrons. The van der Waals surface area contributed by atoms with Gasteiger partial charge in [-0.15, -0.1) is 0 Å². The van der Waals surface area contributed by atoms with Crippen molar-refractivity contribution in [2.24, 2.45) is 11.8 Å². The van der Waals surface area contributed by atoms with Gasteiger partial charge in [0.25, 0.3) is 0 Å². The molecular weight excluding hydrogens is 480 g/mol. The Morgan fingerprint density at radius 2 is 1.84 bits per heavy atom. The number of nitrogens with zero attached hydrogens (tertiary/aromatic N) is 2. The number of aliphatic carboxylic acids is 1. The number of rotatable bonds is 10. The smallest absolute Gasteiger partial charge is 0.303 e. The fraction of sp³-hybridized carbons (Fsp3) is 0.419. The summed E-state index contributed by atoms with van der Waals surface area (Å²) in [7, 11) is 3.27. The molecule has 1 saturated heterocycles. The molecule has 0 amide bonds. The number of methoxy groups -OCH3 is 2.